The van der Waals surface area contributed by atoms with Gasteiger partial charge >= 0.3 is 0 Å². The van der Waals surface area contributed by atoms with E-state index in [1.54, 1.807) is 24.5 Å². The average Bonchev–Trinajstić information content (AvgIpc) is 2.59. The lowest BCUT2D eigenvalue weighted by atomic mass is 10.0. The molecule has 3 aromatic rings. The van der Waals surface area contributed by atoms with Crippen molar-refractivity contribution in [1.29, 1.82) is 0 Å². The van der Waals surface area contributed by atoms with Crippen molar-refractivity contribution >= 4 is 17.3 Å². The third-order valence-electron chi connectivity index (χ3n) is 3.52. The van der Waals surface area contributed by atoms with E-state index in [2.05, 4.69) is 10.3 Å². The first-order chi connectivity index (χ1) is 11.2. The Labute approximate surface area is 135 Å². The second kappa shape index (κ2) is 6.75. The third kappa shape index (κ3) is 3.95. The van der Waals surface area contributed by atoms with E-state index in [1.165, 1.54) is 11.1 Å². The molecule has 0 saturated carbocycles. The average molecular weight is 303 g/mol. The van der Waals surface area contributed by atoms with Gasteiger partial charge in [0.15, 0.2) is 0 Å². The molecule has 1 amide bonds. The van der Waals surface area contributed by atoms with E-state index >= 15 is 0 Å². The molecule has 0 aliphatic carbocycles. The molecule has 23 heavy (non-hydrogen) atoms. The number of aromatic nitrogens is 1. The Kier molecular flexibility index (Phi) is 4.34. The molecule has 1 aromatic heterocycles. The second-order valence-electron chi connectivity index (χ2n) is 5.31. The maximum atomic E-state index is 12.1. The predicted molar refractivity (Wildman–Crippen MR) is 92.3 cm³/mol. The number of carbonyl (C=O) groups excluding carboxylic acids is 1. The van der Waals surface area contributed by atoms with Crippen LogP contribution in [0.3, 0.4) is 0 Å². The van der Waals surface area contributed by atoms with Crippen LogP contribution in [0.4, 0.5) is 11.4 Å². The summed E-state index contributed by atoms with van der Waals surface area (Å²) in [5.41, 5.74) is 10.1. The molecule has 3 rings (SSSR count). The Hall–Kier alpha value is -3.14. The molecule has 4 nitrogen and oxygen atoms in total. The maximum absolute atomic E-state index is 12.1. The van der Waals surface area contributed by atoms with Crippen molar-refractivity contribution in [2.24, 2.45) is 0 Å². The lowest BCUT2D eigenvalue weighted by Gasteiger charge is -2.07. The molecule has 1 heterocycles. The smallest absolute Gasteiger partial charge is 0.257 e. The molecule has 0 saturated heterocycles. The summed E-state index contributed by atoms with van der Waals surface area (Å²) in [5, 5.41) is 2.86. The highest BCUT2D eigenvalue weighted by Gasteiger charge is 2.05. The summed E-state index contributed by atoms with van der Waals surface area (Å²) < 4.78 is 0. The van der Waals surface area contributed by atoms with Crippen LogP contribution in [-0.2, 0) is 6.42 Å². The number of hydrogen-bond acceptors (Lipinski definition) is 3. The van der Waals surface area contributed by atoms with Crippen LogP contribution in [0, 0.1) is 0 Å². The van der Waals surface area contributed by atoms with E-state index < -0.39 is 0 Å². The highest BCUT2D eigenvalue weighted by atomic mass is 16.1. The fraction of sp³-hybridized carbons (Fsp3) is 0.0526. The summed E-state index contributed by atoms with van der Waals surface area (Å²) in [6, 6.07) is 19.1. The molecule has 0 aliphatic rings. The highest BCUT2D eigenvalue weighted by molar-refractivity contribution is 6.03. The minimum absolute atomic E-state index is 0.163. The first-order valence-electron chi connectivity index (χ1n) is 7.35. The molecule has 0 aliphatic heterocycles. The number of amides is 1. The number of benzene rings is 2. The van der Waals surface area contributed by atoms with Crippen LogP contribution in [0.2, 0.25) is 0 Å². The number of nitrogens with zero attached hydrogens (tertiary/aromatic N) is 1. The number of rotatable bonds is 4. The molecule has 0 fully saturated rings. The molecule has 0 unspecified atom stereocenters. The fourth-order valence-corrected chi connectivity index (χ4v) is 2.28. The quantitative estimate of drug-likeness (QED) is 0.725. The van der Waals surface area contributed by atoms with E-state index in [4.69, 9.17) is 5.73 Å². The van der Waals surface area contributed by atoms with Gasteiger partial charge in [-0.15, -0.1) is 0 Å². The Morgan fingerprint density at radius 1 is 0.957 bits per heavy atom. The molecule has 4 heteroatoms. The monoisotopic (exact) mass is 303 g/mol. The molecule has 0 radical (unpaired) electrons. The van der Waals surface area contributed by atoms with Gasteiger partial charge in [-0.3, -0.25) is 9.78 Å². The van der Waals surface area contributed by atoms with Crippen LogP contribution < -0.4 is 11.1 Å². The van der Waals surface area contributed by atoms with Crippen LogP contribution in [0.25, 0.3) is 0 Å². The lowest BCUT2D eigenvalue weighted by Crippen LogP contribution is -2.11. The number of hydrogen-bond donors (Lipinski definition) is 2. The Morgan fingerprint density at radius 3 is 2.22 bits per heavy atom. The molecule has 2 aromatic carbocycles. The van der Waals surface area contributed by atoms with Crippen molar-refractivity contribution < 1.29 is 4.79 Å². The van der Waals surface area contributed by atoms with Gasteiger partial charge in [0, 0.05) is 23.8 Å². The topological polar surface area (TPSA) is 68.0 Å². The number of carbonyl (C=O) groups is 1. The van der Waals surface area contributed by atoms with Gasteiger partial charge in [-0.2, -0.15) is 0 Å². The number of nitrogens with one attached hydrogen (secondary N) is 1. The molecule has 0 atom stereocenters. The normalized spacial score (nSPS) is 10.3. The predicted octanol–water partition coefficient (Wildman–Crippen LogP) is 3.51. The van der Waals surface area contributed by atoms with Gasteiger partial charge in [-0.25, -0.2) is 0 Å². The first kappa shape index (κ1) is 14.8. The molecule has 0 bridgehead atoms. The van der Waals surface area contributed by atoms with Gasteiger partial charge in [0.05, 0.1) is 5.56 Å². The third-order valence-corrected chi connectivity index (χ3v) is 3.52. The largest absolute Gasteiger partial charge is 0.399 e. The molecule has 0 spiro atoms. The zero-order valence-electron chi connectivity index (χ0n) is 12.6. The standard InChI is InChI=1S/C19H17N3O/c20-17-7-3-14(4-8-17)12-15-5-9-18(10-6-15)22-19(23)16-2-1-11-21-13-16/h1-11,13H,12,20H2,(H,22,23). The molecule has 3 N–H and O–H groups in total. The highest BCUT2D eigenvalue weighted by Crippen LogP contribution is 2.15. The van der Waals surface area contributed by atoms with Crippen LogP contribution in [-0.4, -0.2) is 10.9 Å². The zero-order chi connectivity index (χ0) is 16.1. The second-order valence-corrected chi connectivity index (χ2v) is 5.31. The Bertz CT molecular complexity index is 781. The summed E-state index contributed by atoms with van der Waals surface area (Å²) in [6.45, 7) is 0. The maximum Gasteiger partial charge on any atom is 0.257 e. The lowest BCUT2D eigenvalue weighted by molar-refractivity contribution is 0.102. The van der Waals surface area contributed by atoms with Crippen molar-refractivity contribution in [3.8, 4) is 0 Å². The SMILES string of the molecule is Nc1ccc(Cc2ccc(NC(=O)c3cccnc3)cc2)cc1. The van der Waals surface area contributed by atoms with Crippen LogP contribution in [0.1, 0.15) is 21.5 Å². The Morgan fingerprint density at radius 2 is 1.61 bits per heavy atom. The summed E-state index contributed by atoms with van der Waals surface area (Å²) >= 11 is 0. The van der Waals surface area contributed by atoms with Gasteiger partial charge in [-0.1, -0.05) is 24.3 Å². The molecular formula is C19H17N3O. The van der Waals surface area contributed by atoms with Crippen molar-refractivity contribution in [1.82, 2.24) is 4.98 Å². The summed E-state index contributed by atoms with van der Waals surface area (Å²) in [4.78, 5) is 16.0. The summed E-state index contributed by atoms with van der Waals surface area (Å²) in [5.74, 6) is -0.163. The molecular weight excluding hydrogens is 286 g/mol. The Balaban J connectivity index is 1.65. The van der Waals surface area contributed by atoms with Gasteiger partial charge in [0.25, 0.3) is 5.91 Å². The molecule has 114 valence electrons. The number of pyridine rings is 1. The van der Waals surface area contributed by atoms with Gasteiger partial charge in [0.2, 0.25) is 0 Å². The van der Waals surface area contributed by atoms with Crippen molar-refractivity contribution in [2.75, 3.05) is 11.1 Å². The van der Waals surface area contributed by atoms with E-state index in [0.29, 0.717) is 5.56 Å². The van der Waals surface area contributed by atoms with E-state index in [0.717, 1.165) is 17.8 Å². The van der Waals surface area contributed by atoms with Crippen LogP contribution >= 0.6 is 0 Å². The number of nitrogens with two attached hydrogens (primary N) is 1. The van der Waals surface area contributed by atoms with Crippen molar-refractivity contribution in [3.05, 3.63) is 89.7 Å². The van der Waals surface area contributed by atoms with E-state index in [9.17, 15) is 4.79 Å². The first-order valence-corrected chi connectivity index (χ1v) is 7.35. The van der Waals surface area contributed by atoms with E-state index in [-0.39, 0.29) is 5.91 Å². The van der Waals surface area contributed by atoms with Gasteiger partial charge in [-0.05, 0) is 53.9 Å². The summed E-state index contributed by atoms with van der Waals surface area (Å²) in [6.07, 6.45) is 4.02. The number of nitrogen functional groups attached to an aromatic ring is 1. The minimum atomic E-state index is -0.163. The van der Waals surface area contributed by atoms with Crippen molar-refractivity contribution in [2.45, 2.75) is 6.42 Å². The number of anilines is 2. The van der Waals surface area contributed by atoms with E-state index in [1.807, 2.05) is 48.5 Å². The van der Waals surface area contributed by atoms with Crippen molar-refractivity contribution in [3.63, 3.8) is 0 Å². The van der Waals surface area contributed by atoms with Crippen LogP contribution in [0.5, 0.6) is 0 Å². The minimum Gasteiger partial charge on any atom is -0.399 e. The fourth-order valence-electron chi connectivity index (χ4n) is 2.28. The summed E-state index contributed by atoms with van der Waals surface area (Å²) in [7, 11) is 0. The van der Waals surface area contributed by atoms with Gasteiger partial charge in [0.1, 0.15) is 0 Å². The zero-order valence-corrected chi connectivity index (χ0v) is 12.6. The van der Waals surface area contributed by atoms with Crippen LogP contribution in [0.15, 0.2) is 73.1 Å². The van der Waals surface area contributed by atoms with Gasteiger partial charge < -0.3 is 11.1 Å².